The third-order valence-corrected chi connectivity index (χ3v) is 3.73. The Bertz CT molecular complexity index is 878. The van der Waals surface area contributed by atoms with Crippen LogP contribution in [-0.2, 0) is 15.8 Å². The van der Waals surface area contributed by atoms with Crippen LogP contribution in [0.15, 0.2) is 18.2 Å². The number of hydrogen-bond donors (Lipinski definition) is 2. The highest BCUT2D eigenvalue weighted by atomic mass is 19.4. The van der Waals surface area contributed by atoms with E-state index in [1.54, 1.807) is 25.1 Å². The molecule has 0 spiro atoms. The van der Waals surface area contributed by atoms with Gasteiger partial charge in [-0.25, -0.2) is 4.68 Å². The summed E-state index contributed by atoms with van der Waals surface area (Å²) in [5, 5.41) is 8.08. The number of amides is 2. The second-order valence-corrected chi connectivity index (χ2v) is 5.66. The molecule has 1 aliphatic heterocycles. The lowest BCUT2D eigenvalue weighted by Crippen LogP contribution is -2.36. The maximum absolute atomic E-state index is 12.8. The summed E-state index contributed by atoms with van der Waals surface area (Å²) in [5.41, 5.74) is 1.17. The summed E-state index contributed by atoms with van der Waals surface area (Å²) >= 11 is 0. The summed E-state index contributed by atoms with van der Waals surface area (Å²) in [6.07, 6.45) is -5.16. The van der Waals surface area contributed by atoms with E-state index in [1.807, 2.05) is 0 Å². The molecule has 2 amide bonds. The second kappa shape index (κ2) is 6.32. The van der Waals surface area contributed by atoms with Crippen LogP contribution in [-0.4, -0.2) is 33.7 Å². The number of hydrogen-bond acceptors (Lipinski definition) is 5. The molecule has 0 saturated carbocycles. The molecule has 0 aliphatic carbocycles. The number of fused-ring (bicyclic) bond motifs is 1. The molecule has 138 valence electrons. The van der Waals surface area contributed by atoms with Gasteiger partial charge in [0, 0.05) is 0 Å². The molecule has 0 bridgehead atoms. The summed E-state index contributed by atoms with van der Waals surface area (Å²) in [4.78, 5) is 27.6. The monoisotopic (exact) mass is 369 g/mol. The number of carbonyl (C=O) groups excluding carboxylic acids is 2. The van der Waals surface area contributed by atoms with Gasteiger partial charge in [-0.3, -0.25) is 14.9 Å². The van der Waals surface area contributed by atoms with E-state index in [9.17, 15) is 22.8 Å². The minimum Gasteiger partial charge on any atom is -0.495 e. The number of rotatable bonds is 3. The van der Waals surface area contributed by atoms with Gasteiger partial charge in [-0.1, -0.05) is 6.07 Å². The van der Waals surface area contributed by atoms with E-state index in [-0.39, 0.29) is 6.42 Å². The van der Waals surface area contributed by atoms with Crippen molar-refractivity contribution >= 4 is 23.5 Å². The molecule has 0 fully saturated rings. The van der Waals surface area contributed by atoms with E-state index < -0.39 is 35.8 Å². The molecular weight excluding hydrogens is 355 g/mol. The van der Waals surface area contributed by atoms with E-state index in [0.717, 1.165) is 10.2 Å². The number of aryl methyl sites for hydroxylation is 1. The lowest BCUT2D eigenvalue weighted by Gasteiger charge is -2.23. The molecule has 0 radical (unpaired) electrons. The Hall–Kier alpha value is -3.11. The molecule has 11 heteroatoms. The number of alkyl halides is 3. The van der Waals surface area contributed by atoms with E-state index >= 15 is 0 Å². The number of halogens is 3. The van der Waals surface area contributed by atoms with Gasteiger partial charge in [-0.2, -0.15) is 18.2 Å². The fourth-order valence-electron chi connectivity index (χ4n) is 2.52. The van der Waals surface area contributed by atoms with E-state index in [0.29, 0.717) is 11.4 Å². The zero-order valence-electron chi connectivity index (χ0n) is 13.7. The number of anilines is 2. The smallest absolute Gasteiger partial charge is 0.453 e. The van der Waals surface area contributed by atoms with E-state index in [1.165, 1.54) is 7.11 Å². The van der Waals surface area contributed by atoms with Crippen LogP contribution in [0.25, 0.3) is 0 Å². The van der Waals surface area contributed by atoms with Crippen LogP contribution in [0, 0.1) is 6.92 Å². The highest BCUT2D eigenvalue weighted by molar-refractivity contribution is 6.01. The van der Waals surface area contributed by atoms with Gasteiger partial charge in [0.1, 0.15) is 11.8 Å². The predicted molar refractivity (Wildman–Crippen MR) is 83.7 cm³/mol. The summed E-state index contributed by atoms with van der Waals surface area (Å²) < 4.78 is 44.4. The Morgan fingerprint density at radius 2 is 2.15 bits per heavy atom. The minimum absolute atomic E-state index is 0.334. The standard InChI is InChI=1S/C15H14F3N5O3/c1-7-3-4-10(26-2)8(5-7)19-12(25)9-6-11(24)20-14-21-13(15(16,17)18)22-23(9)14/h3-5,9H,6H2,1-2H3,(H,19,25)(H,20,21,22,24). The van der Waals surface area contributed by atoms with Crippen LogP contribution < -0.4 is 15.4 Å². The topological polar surface area (TPSA) is 98.1 Å². The van der Waals surface area contributed by atoms with E-state index in [4.69, 9.17) is 4.74 Å². The van der Waals surface area contributed by atoms with Gasteiger partial charge in [0.25, 0.3) is 5.82 Å². The van der Waals surface area contributed by atoms with Crippen molar-refractivity contribution in [2.75, 3.05) is 17.7 Å². The number of nitrogens with one attached hydrogen (secondary N) is 2. The Morgan fingerprint density at radius 3 is 2.81 bits per heavy atom. The molecule has 0 saturated heterocycles. The SMILES string of the molecule is COc1ccc(C)cc1NC(=O)C1CC(=O)Nc2nc(C(F)(F)F)nn21. The molecule has 1 aliphatic rings. The van der Waals surface area contributed by atoms with Crippen molar-refractivity contribution in [3.8, 4) is 5.75 Å². The second-order valence-electron chi connectivity index (χ2n) is 5.66. The van der Waals surface area contributed by atoms with Crippen LogP contribution >= 0.6 is 0 Å². The molecule has 3 rings (SSSR count). The molecular formula is C15H14F3N5O3. The van der Waals surface area contributed by atoms with Crippen molar-refractivity contribution in [3.63, 3.8) is 0 Å². The molecule has 2 heterocycles. The maximum Gasteiger partial charge on any atom is 0.453 e. The number of ether oxygens (including phenoxy) is 1. The highest BCUT2D eigenvalue weighted by Gasteiger charge is 2.41. The van der Waals surface area contributed by atoms with Gasteiger partial charge in [-0.05, 0) is 24.6 Å². The molecule has 1 unspecified atom stereocenters. The highest BCUT2D eigenvalue weighted by Crippen LogP contribution is 2.32. The summed E-state index contributed by atoms with van der Waals surface area (Å²) in [7, 11) is 1.42. The summed E-state index contributed by atoms with van der Waals surface area (Å²) in [5.74, 6) is -2.82. The van der Waals surface area contributed by atoms with Crippen LogP contribution in [0.3, 0.4) is 0 Å². The van der Waals surface area contributed by atoms with Crippen LogP contribution in [0.2, 0.25) is 0 Å². The molecule has 8 nitrogen and oxygen atoms in total. The molecule has 1 aromatic heterocycles. The quantitative estimate of drug-likeness (QED) is 0.864. The Kier molecular flexibility index (Phi) is 4.30. The average molecular weight is 369 g/mol. The van der Waals surface area contributed by atoms with Gasteiger partial charge in [0.2, 0.25) is 17.8 Å². The van der Waals surface area contributed by atoms with Crippen molar-refractivity contribution in [1.82, 2.24) is 14.8 Å². The fourth-order valence-corrected chi connectivity index (χ4v) is 2.52. The first-order valence-corrected chi connectivity index (χ1v) is 7.48. The Labute approximate surface area is 145 Å². The van der Waals surface area contributed by atoms with Gasteiger partial charge in [-0.15, -0.1) is 5.10 Å². The fraction of sp³-hybridized carbons (Fsp3) is 0.333. The zero-order chi connectivity index (χ0) is 19.1. The van der Waals surface area contributed by atoms with Gasteiger partial charge < -0.3 is 10.1 Å². The Balaban J connectivity index is 1.93. The van der Waals surface area contributed by atoms with Crippen molar-refractivity contribution in [2.24, 2.45) is 0 Å². The number of nitrogens with zero attached hydrogens (tertiary/aromatic N) is 3. The average Bonchev–Trinajstić information content (AvgIpc) is 2.98. The predicted octanol–water partition coefficient (Wildman–Crippen LogP) is 2.14. The van der Waals surface area contributed by atoms with E-state index in [2.05, 4.69) is 20.7 Å². The zero-order valence-corrected chi connectivity index (χ0v) is 13.7. The van der Waals surface area contributed by atoms with Crippen molar-refractivity contribution in [2.45, 2.75) is 25.6 Å². The largest absolute Gasteiger partial charge is 0.495 e. The third kappa shape index (κ3) is 3.32. The van der Waals surface area contributed by atoms with Crippen LogP contribution in [0.5, 0.6) is 5.75 Å². The number of carbonyl (C=O) groups is 2. The van der Waals surface area contributed by atoms with Gasteiger partial charge >= 0.3 is 6.18 Å². The van der Waals surface area contributed by atoms with Gasteiger partial charge in [0.15, 0.2) is 0 Å². The normalized spacial score (nSPS) is 16.7. The molecule has 2 N–H and O–H groups in total. The molecule has 1 aromatic carbocycles. The molecule has 26 heavy (non-hydrogen) atoms. The molecule has 2 aromatic rings. The van der Waals surface area contributed by atoms with Crippen LogP contribution in [0.4, 0.5) is 24.8 Å². The lowest BCUT2D eigenvalue weighted by molar-refractivity contribution is -0.145. The van der Waals surface area contributed by atoms with Crippen molar-refractivity contribution < 1.29 is 27.5 Å². The Morgan fingerprint density at radius 1 is 1.42 bits per heavy atom. The number of aromatic nitrogens is 3. The first kappa shape index (κ1) is 17.7. The summed E-state index contributed by atoms with van der Waals surface area (Å²) in [6, 6.07) is 3.78. The lowest BCUT2D eigenvalue weighted by atomic mass is 10.1. The number of methoxy groups -OCH3 is 1. The van der Waals surface area contributed by atoms with Crippen molar-refractivity contribution in [1.29, 1.82) is 0 Å². The minimum atomic E-state index is -4.80. The molecule has 1 atom stereocenters. The van der Waals surface area contributed by atoms with Crippen LogP contribution in [0.1, 0.15) is 23.9 Å². The summed E-state index contributed by atoms with van der Waals surface area (Å²) in [6.45, 7) is 1.80. The number of benzene rings is 1. The maximum atomic E-state index is 12.8. The first-order valence-electron chi connectivity index (χ1n) is 7.48. The first-order chi connectivity index (χ1) is 12.2. The third-order valence-electron chi connectivity index (χ3n) is 3.73. The van der Waals surface area contributed by atoms with Gasteiger partial charge in [0.05, 0.1) is 19.2 Å². The van der Waals surface area contributed by atoms with Crippen molar-refractivity contribution in [3.05, 3.63) is 29.6 Å².